The summed E-state index contributed by atoms with van der Waals surface area (Å²) in [6.45, 7) is 8.50. The molecule has 198 valence electrons. The number of amides is 1. The second-order valence-electron chi connectivity index (χ2n) is 10.1. The first-order valence-electron chi connectivity index (χ1n) is 12.1. The molecule has 3 aromatic rings. The van der Waals surface area contributed by atoms with Crippen molar-refractivity contribution in [1.82, 2.24) is 19.9 Å². The van der Waals surface area contributed by atoms with Gasteiger partial charge in [0, 0.05) is 31.4 Å². The van der Waals surface area contributed by atoms with Gasteiger partial charge >= 0.3 is 6.09 Å². The molecule has 0 radical (unpaired) electrons. The van der Waals surface area contributed by atoms with Gasteiger partial charge in [0.25, 0.3) is 0 Å². The average Bonchev–Trinajstić information content (AvgIpc) is 3.24. The van der Waals surface area contributed by atoms with Gasteiger partial charge in [0.15, 0.2) is 0 Å². The maximum atomic E-state index is 12.5. The minimum Gasteiger partial charge on any atom is -0.480 e. The summed E-state index contributed by atoms with van der Waals surface area (Å²) < 4.78 is 10.7. The molecule has 1 saturated heterocycles. The van der Waals surface area contributed by atoms with Gasteiger partial charge in [-0.3, -0.25) is 0 Å². The van der Waals surface area contributed by atoms with Crippen molar-refractivity contribution in [2.24, 2.45) is 0 Å². The highest BCUT2D eigenvalue weighted by molar-refractivity contribution is 7.15. The monoisotopic (exact) mass is 545 g/mol. The lowest BCUT2D eigenvalue weighted by molar-refractivity contribution is 0.0127. The molecule has 1 atom stereocenters. The number of likely N-dealkylation sites (tertiary alicyclic amines) is 1. The van der Waals surface area contributed by atoms with Crippen molar-refractivity contribution in [3.8, 4) is 16.3 Å². The van der Waals surface area contributed by atoms with E-state index in [1.54, 1.807) is 11.1 Å². The molecule has 1 fully saturated rings. The number of methoxy groups -OCH3 is 1. The predicted molar refractivity (Wildman–Crippen MR) is 145 cm³/mol. The molecule has 11 heteroatoms. The molecular formula is C26H32ClN5O4S. The Kier molecular flexibility index (Phi) is 7.91. The van der Waals surface area contributed by atoms with Crippen LogP contribution in [0, 0.1) is 6.92 Å². The van der Waals surface area contributed by atoms with Crippen LogP contribution >= 0.6 is 22.9 Å². The number of hydrogen-bond donors (Lipinski definition) is 2. The third kappa shape index (κ3) is 6.68. The number of ether oxygens (including phenoxy) is 2. The first-order valence-corrected chi connectivity index (χ1v) is 13.3. The maximum absolute atomic E-state index is 12.5. The standard InChI is InChI=1S/C26H32ClN5O4S/c1-16-11-17(13-18(12-16)30-23-29-14-19(27)21(31-23)35-5)20-15-28-22(37-20)26(34)7-6-9-32(10-8-26)24(33)36-25(2,3)4/h11-15,34H,6-10H2,1-5H3,(H,29,30,31)/t26-/m1/s1. The van der Waals surface area contributed by atoms with E-state index in [1.807, 2.05) is 39.8 Å². The Morgan fingerprint density at radius 2 is 1.97 bits per heavy atom. The van der Waals surface area contributed by atoms with Crippen LogP contribution in [0.5, 0.6) is 5.88 Å². The van der Waals surface area contributed by atoms with Crippen LogP contribution in [0.25, 0.3) is 10.4 Å². The number of nitrogens with one attached hydrogen (secondary N) is 1. The quantitative estimate of drug-likeness (QED) is 0.406. The molecule has 9 nitrogen and oxygen atoms in total. The van der Waals surface area contributed by atoms with Crippen LogP contribution in [0.1, 0.15) is 50.6 Å². The third-order valence-corrected chi connectivity index (χ3v) is 7.39. The Bertz CT molecular complexity index is 1280. The van der Waals surface area contributed by atoms with E-state index >= 15 is 0 Å². The summed E-state index contributed by atoms with van der Waals surface area (Å²) in [5.41, 5.74) is 1.14. The topological polar surface area (TPSA) is 110 Å². The molecule has 0 unspecified atom stereocenters. The van der Waals surface area contributed by atoms with E-state index in [2.05, 4.69) is 26.3 Å². The summed E-state index contributed by atoms with van der Waals surface area (Å²) in [5.74, 6) is 0.658. The number of thiazole rings is 1. The van der Waals surface area contributed by atoms with E-state index in [4.69, 9.17) is 21.1 Å². The molecule has 1 aliphatic rings. The Morgan fingerprint density at radius 1 is 1.19 bits per heavy atom. The third-order valence-electron chi connectivity index (χ3n) is 5.89. The zero-order valence-electron chi connectivity index (χ0n) is 21.7. The lowest BCUT2D eigenvalue weighted by Gasteiger charge is -2.27. The minimum atomic E-state index is -1.10. The molecule has 2 aromatic heterocycles. The fraction of sp³-hybridized carbons (Fsp3) is 0.462. The number of carbonyl (C=O) groups excluding carboxylic acids is 1. The molecule has 0 bridgehead atoms. The molecule has 0 saturated carbocycles. The van der Waals surface area contributed by atoms with E-state index in [0.717, 1.165) is 21.7 Å². The van der Waals surface area contributed by atoms with Crippen molar-refractivity contribution >= 4 is 40.7 Å². The average molecular weight is 546 g/mol. The maximum Gasteiger partial charge on any atom is 0.410 e. The van der Waals surface area contributed by atoms with Crippen molar-refractivity contribution in [2.45, 2.75) is 58.2 Å². The molecule has 3 heterocycles. The van der Waals surface area contributed by atoms with Crippen LogP contribution in [0.3, 0.4) is 0 Å². The number of aryl methyl sites for hydroxylation is 1. The molecule has 1 aromatic carbocycles. The van der Waals surface area contributed by atoms with Crippen LogP contribution in [0.15, 0.2) is 30.6 Å². The van der Waals surface area contributed by atoms with Gasteiger partial charge in [-0.1, -0.05) is 17.7 Å². The largest absolute Gasteiger partial charge is 0.480 e. The number of nitrogens with zero attached hydrogens (tertiary/aromatic N) is 4. The number of halogens is 1. The fourth-order valence-corrected chi connectivity index (χ4v) is 5.36. The van der Waals surface area contributed by atoms with Gasteiger partial charge in [0.05, 0.1) is 18.2 Å². The number of aromatic nitrogens is 3. The number of rotatable bonds is 5. The van der Waals surface area contributed by atoms with Gasteiger partial charge in [0.2, 0.25) is 11.8 Å². The number of aliphatic hydroxyl groups is 1. The highest BCUT2D eigenvalue weighted by atomic mass is 35.5. The van der Waals surface area contributed by atoms with Crippen LogP contribution in [-0.4, -0.2) is 56.9 Å². The van der Waals surface area contributed by atoms with E-state index in [9.17, 15) is 9.90 Å². The summed E-state index contributed by atoms with van der Waals surface area (Å²) >= 11 is 7.50. The van der Waals surface area contributed by atoms with Gasteiger partial charge in [0.1, 0.15) is 21.2 Å². The van der Waals surface area contributed by atoms with Gasteiger partial charge in [-0.2, -0.15) is 4.98 Å². The second-order valence-corrected chi connectivity index (χ2v) is 11.6. The van der Waals surface area contributed by atoms with E-state index in [-0.39, 0.29) is 6.09 Å². The number of anilines is 2. The van der Waals surface area contributed by atoms with Crippen molar-refractivity contribution in [1.29, 1.82) is 0 Å². The van der Waals surface area contributed by atoms with Crippen molar-refractivity contribution < 1.29 is 19.4 Å². The molecule has 0 spiro atoms. The summed E-state index contributed by atoms with van der Waals surface area (Å²) in [6, 6.07) is 6.03. The Morgan fingerprint density at radius 3 is 2.70 bits per heavy atom. The van der Waals surface area contributed by atoms with Crippen molar-refractivity contribution in [3.05, 3.63) is 46.2 Å². The lowest BCUT2D eigenvalue weighted by Crippen LogP contribution is -2.38. The normalized spacial score (nSPS) is 18.3. The van der Waals surface area contributed by atoms with Crippen LogP contribution < -0.4 is 10.1 Å². The number of hydrogen-bond acceptors (Lipinski definition) is 9. The molecule has 1 amide bonds. The van der Waals surface area contributed by atoms with Crippen LogP contribution in [0.4, 0.5) is 16.4 Å². The summed E-state index contributed by atoms with van der Waals surface area (Å²) in [4.78, 5) is 28.2. The smallest absolute Gasteiger partial charge is 0.410 e. The molecule has 0 aliphatic carbocycles. The number of benzene rings is 1. The van der Waals surface area contributed by atoms with Gasteiger partial charge in [-0.25, -0.2) is 14.8 Å². The number of carbonyl (C=O) groups is 1. The van der Waals surface area contributed by atoms with E-state index in [1.165, 1.54) is 24.6 Å². The molecule has 1 aliphatic heterocycles. The second kappa shape index (κ2) is 10.8. The lowest BCUT2D eigenvalue weighted by atomic mass is 9.96. The SMILES string of the molecule is COc1nc(Nc2cc(C)cc(-c3cnc([C@@]4(O)CCCN(C(=O)OC(C)(C)C)CC4)s3)c2)ncc1Cl. The first-order chi connectivity index (χ1) is 17.5. The Balaban J connectivity index is 1.51. The zero-order chi connectivity index (χ0) is 26.8. The Hall–Kier alpha value is -2.95. The summed E-state index contributed by atoms with van der Waals surface area (Å²) in [6.07, 6.45) is 4.51. The van der Waals surface area contributed by atoms with E-state index in [0.29, 0.717) is 54.2 Å². The predicted octanol–water partition coefficient (Wildman–Crippen LogP) is 5.92. The Labute approximate surface area is 225 Å². The molecule has 2 N–H and O–H groups in total. The summed E-state index contributed by atoms with van der Waals surface area (Å²) in [5, 5.41) is 15.7. The molecule has 37 heavy (non-hydrogen) atoms. The van der Waals surface area contributed by atoms with Gasteiger partial charge in [-0.05, 0) is 63.8 Å². The van der Waals surface area contributed by atoms with Crippen molar-refractivity contribution in [3.63, 3.8) is 0 Å². The molecule has 4 rings (SSSR count). The van der Waals surface area contributed by atoms with Crippen molar-refractivity contribution in [2.75, 3.05) is 25.5 Å². The fourth-order valence-electron chi connectivity index (χ4n) is 4.15. The van der Waals surface area contributed by atoms with Crippen LogP contribution in [-0.2, 0) is 10.3 Å². The highest BCUT2D eigenvalue weighted by Crippen LogP contribution is 2.39. The van der Waals surface area contributed by atoms with Crippen LogP contribution in [0.2, 0.25) is 5.02 Å². The minimum absolute atomic E-state index is 0.293. The van der Waals surface area contributed by atoms with Gasteiger partial charge in [-0.15, -0.1) is 11.3 Å². The summed E-state index contributed by atoms with van der Waals surface area (Å²) in [7, 11) is 1.50. The van der Waals surface area contributed by atoms with E-state index < -0.39 is 11.2 Å². The zero-order valence-corrected chi connectivity index (χ0v) is 23.2. The molecular weight excluding hydrogens is 514 g/mol. The highest BCUT2D eigenvalue weighted by Gasteiger charge is 2.36. The van der Waals surface area contributed by atoms with Gasteiger partial charge < -0.3 is 24.8 Å². The first kappa shape index (κ1) is 27.1.